The Kier molecular flexibility index (Phi) is 4.76. The minimum absolute atomic E-state index is 0.845. The standard InChI is InChI=1S/C24H35N5/c1-2-5-19(4-1)27-12-14-28(15-13-27)21-8-9-22-23(18-21)29-17-16-26(20-6-3-7-20)11-10-24(29)25-22/h8-9,18-20H,1-7,10-17H2. The third kappa shape index (κ3) is 3.36. The lowest BCUT2D eigenvalue weighted by Gasteiger charge is -2.39. The molecule has 1 aromatic heterocycles. The SMILES string of the molecule is c1cc2nc3n(c2cc1N1CCN(C2CCCC2)CC1)CCN(C1CCC1)CC3. The highest BCUT2D eigenvalue weighted by molar-refractivity contribution is 5.80. The highest BCUT2D eigenvalue weighted by atomic mass is 15.3. The van der Waals surface area contributed by atoms with Gasteiger partial charge in [0, 0.05) is 70.0 Å². The van der Waals surface area contributed by atoms with E-state index in [4.69, 9.17) is 4.98 Å². The average Bonchev–Trinajstić information content (AvgIpc) is 3.32. The fourth-order valence-electron chi connectivity index (χ4n) is 6.11. The highest BCUT2D eigenvalue weighted by Gasteiger charge is 2.28. The van der Waals surface area contributed by atoms with Gasteiger partial charge in [-0.15, -0.1) is 0 Å². The van der Waals surface area contributed by atoms with Gasteiger partial charge in [0.25, 0.3) is 0 Å². The van der Waals surface area contributed by atoms with E-state index in [1.165, 1.54) is 107 Å². The first-order chi connectivity index (χ1) is 14.3. The van der Waals surface area contributed by atoms with Crippen molar-refractivity contribution < 1.29 is 0 Å². The number of hydrogen-bond donors (Lipinski definition) is 0. The zero-order chi connectivity index (χ0) is 19.2. The number of hydrogen-bond acceptors (Lipinski definition) is 4. The Labute approximate surface area is 174 Å². The maximum absolute atomic E-state index is 5.01. The molecular formula is C24H35N5. The van der Waals surface area contributed by atoms with Gasteiger partial charge in [-0.25, -0.2) is 4.98 Å². The number of imidazole rings is 1. The molecule has 0 spiro atoms. The Bertz CT molecular complexity index is 856. The first-order valence-electron chi connectivity index (χ1n) is 12.1. The molecule has 0 amide bonds. The number of piperazine rings is 1. The summed E-state index contributed by atoms with van der Waals surface area (Å²) in [5, 5.41) is 0. The summed E-state index contributed by atoms with van der Waals surface area (Å²) < 4.78 is 2.52. The summed E-state index contributed by atoms with van der Waals surface area (Å²) in [6.07, 6.45) is 11.0. The Hall–Kier alpha value is -1.59. The van der Waals surface area contributed by atoms with E-state index in [0.29, 0.717) is 0 Å². The summed E-state index contributed by atoms with van der Waals surface area (Å²) in [4.78, 5) is 13.1. The van der Waals surface area contributed by atoms with E-state index in [9.17, 15) is 0 Å². The number of benzene rings is 1. The quantitative estimate of drug-likeness (QED) is 0.798. The van der Waals surface area contributed by atoms with Crippen molar-refractivity contribution >= 4 is 16.7 Å². The lowest BCUT2D eigenvalue weighted by atomic mass is 9.91. The van der Waals surface area contributed by atoms with Crippen LogP contribution in [0.25, 0.3) is 11.0 Å². The van der Waals surface area contributed by atoms with Gasteiger partial charge in [0.2, 0.25) is 0 Å². The van der Waals surface area contributed by atoms with Crippen LogP contribution >= 0.6 is 0 Å². The van der Waals surface area contributed by atoms with E-state index < -0.39 is 0 Å². The van der Waals surface area contributed by atoms with E-state index in [-0.39, 0.29) is 0 Å². The van der Waals surface area contributed by atoms with Crippen LogP contribution in [0.2, 0.25) is 0 Å². The van der Waals surface area contributed by atoms with Crippen molar-refractivity contribution in [3.63, 3.8) is 0 Å². The molecule has 0 unspecified atom stereocenters. The zero-order valence-corrected chi connectivity index (χ0v) is 17.7. The lowest BCUT2D eigenvalue weighted by molar-refractivity contribution is 0.130. The van der Waals surface area contributed by atoms with Crippen molar-refractivity contribution in [3.05, 3.63) is 24.0 Å². The van der Waals surface area contributed by atoms with Gasteiger partial charge in [-0.2, -0.15) is 0 Å². The molecule has 3 heterocycles. The smallest absolute Gasteiger partial charge is 0.111 e. The summed E-state index contributed by atoms with van der Waals surface area (Å²) >= 11 is 0. The molecule has 1 saturated heterocycles. The molecule has 2 aliphatic heterocycles. The van der Waals surface area contributed by atoms with Crippen LogP contribution in [0.4, 0.5) is 5.69 Å². The van der Waals surface area contributed by atoms with E-state index in [2.05, 4.69) is 37.5 Å². The molecule has 5 heteroatoms. The van der Waals surface area contributed by atoms with Crippen LogP contribution in [0, 0.1) is 0 Å². The molecule has 6 rings (SSSR count). The summed E-state index contributed by atoms with van der Waals surface area (Å²) in [6.45, 7) is 8.25. The minimum Gasteiger partial charge on any atom is -0.369 e. The molecule has 0 N–H and O–H groups in total. The van der Waals surface area contributed by atoms with Crippen LogP contribution in [0.15, 0.2) is 18.2 Å². The van der Waals surface area contributed by atoms with Crippen molar-refractivity contribution in [2.45, 2.75) is 70.0 Å². The largest absolute Gasteiger partial charge is 0.369 e. The van der Waals surface area contributed by atoms with Gasteiger partial charge in [0.1, 0.15) is 5.82 Å². The fourth-order valence-corrected chi connectivity index (χ4v) is 6.11. The molecule has 0 atom stereocenters. The fraction of sp³-hybridized carbons (Fsp3) is 0.708. The van der Waals surface area contributed by atoms with Crippen LogP contribution in [-0.4, -0.2) is 70.7 Å². The summed E-state index contributed by atoms with van der Waals surface area (Å²) in [5.41, 5.74) is 3.93. The molecule has 1 aromatic carbocycles. The van der Waals surface area contributed by atoms with Crippen LogP contribution in [0.5, 0.6) is 0 Å². The van der Waals surface area contributed by atoms with Crippen LogP contribution < -0.4 is 4.90 Å². The molecule has 29 heavy (non-hydrogen) atoms. The third-order valence-electron chi connectivity index (χ3n) is 8.16. The Morgan fingerprint density at radius 2 is 1.41 bits per heavy atom. The predicted octanol–water partition coefficient (Wildman–Crippen LogP) is 3.51. The molecule has 5 nitrogen and oxygen atoms in total. The van der Waals surface area contributed by atoms with Gasteiger partial charge in [0.05, 0.1) is 11.0 Å². The normalized spacial score (nSPS) is 25.3. The van der Waals surface area contributed by atoms with E-state index in [0.717, 1.165) is 25.0 Å². The predicted molar refractivity (Wildman–Crippen MR) is 119 cm³/mol. The van der Waals surface area contributed by atoms with Gasteiger partial charge in [-0.05, 0) is 43.9 Å². The minimum atomic E-state index is 0.845. The van der Waals surface area contributed by atoms with Crippen molar-refractivity contribution in [1.82, 2.24) is 19.4 Å². The molecule has 2 aliphatic carbocycles. The summed E-state index contributed by atoms with van der Waals surface area (Å²) in [5.74, 6) is 1.30. The van der Waals surface area contributed by atoms with E-state index in [1.807, 2.05) is 0 Å². The molecule has 156 valence electrons. The Morgan fingerprint density at radius 1 is 0.724 bits per heavy atom. The van der Waals surface area contributed by atoms with Gasteiger partial charge < -0.3 is 9.47 Å². The van der Waals surface area contributed by atoms with Gasteiger partial charge in [-0.1, -0.05) is 19.3 Å². The maximum Gasteiger partial charge on any atom is 0.111 e. The van der Waals surface area contributed by atoms with Gasteiger partial charge >= 0.3 is 0 Å². The van der Waals surface area contributed by atoms with E-state index >= 15 is 0 Å². The first-order valence-corrected chi connectivity index (χ1v) is 12.1. The second-order valence-corrected chi connectivity index (χ2v) is 9.68. The maximum atomic E-state index is 5.01. The van der Waals surface area contributed by atoms with Crippen LogP contribution in [-0.2, 0) is 13.0 Å². The topological polar surface area (TPSA) is 27.5 Å². The molecule has 0 bridgehead atoms. The summed E-state index contributed by atoms with van der Waals surface area (Å²) in [6, 6.07) is 8.71. The van der Waals surface area contributed by atoms with Crippen molar-refractivity contribution in [2.75, 3.05) is 44.2 Å². The molecular weight excluding hydrogens is 358 g/mol. The number of anilines is 1. The Balaban J connectivity index is 1.19. The van der Waals surface area contributed by atoms with E-state index in [1.54, 1.807) is 0 Å². The number of aromatic nitrogens is 2. The van der Waals surface area contributed by atoms with Crippen molar-refractivity contribution in [3.8, 4) is 0 Å². The van der Waals surface area contributed by atoms with Crippen LogP contribution in [0.1, 0.15) is 50.8 Å². The van der Waals surface area contributed by atoms with Crippen molar-refractivity contribution in [1.29, 1.82) is 0 Å². The number of fused-ring (bicyclic) bond motifs is 3. The first kappa shape index (κ1) is 18.2. The average molecular weight is 394 g/mol. The monoisotopic (exact) mass is 393 g/mol. The van der Waals surface area contributed by atoms with Gasteiger partial charge in [0.15, 0.2) is 0 Å². The second kappa shape index (κ2) is 7.59. The second-order valence-electron chi connectivity index (χ2n) is 9.68. The number of rotatable bonds is 3. The molecule has 4 aliphatic rings. The number of nitrogens with zero attached hydrogens (tertiary/aromatic N) is 5. The van der Waals surface area contributed by atoms with Crippen LogP contribution in [0.3, 0.4) is 0 Å². The zero-order valence-electron chi connectivity index (χ0n) is 17.7. The Morgan fingerprint density at radius 3 is 2.14 bits per heavy atom. The van der Waals surface area contributed by atoms with Gasteiger partial charge in [-0.3, -0.25) is 9.80 Å². The highest BCUT2D eigenvalue weighted by Crippen LogP contribution is 2.30. The van der Waals surface area contributed by atoms with Crippen molar-refractivity contribution in [2.24, 2.45) is 0 Å². The lowest BCUT2D eigenvalue weighted by Crippen LogP contribution is -2.49. The molecule has 0 radical (unpaired) electrons. The summed E-state index contributed by atoms with van der Waals surface area (Å²) in [7, 11) is 0. The third-order valence-corrected chi connectivity index (χ3v) is 8.16. The molecule has 2 aromatic rings. The molecule has 3 fully saturated rings. The molecule has 2 saturated carbocycles.